The minimum absolute atomic E-state index is 0.0815. The number of carbonyl (C=O) groups excluding carboxylic acids is 1. The summed E-state index contributed by atoms with van der Waals surface area (Å²) >= 11 is 0. The van der Waals surface area contributed by atoms with Crippen molar-refractivity contribution in [3.05, 3.63) is 36.3 Å². The van der Waals surface area contributed by atoms with Crippen LogP contribution >= 0.6 is 0 Å². The second-order valence-corrected chi connectivity index (χ2v) is 5.66. The second kappa shape index (κ2) is 5.63. The molecular formula is C15H21N3O2. The Morgan fingerprint density at radius 1 is 1.50 bits per heavy atom. The first-order valence-corrected chi connectivity index (χ1v) is 6.80. The Morgan fingerprint density at radius 2 is 2.25 bits per heavy atom. The number of amides is 1. The number of nitrogens with one attached hydrogen (secondary N) is 1. The molecule has 0 spiro atoms. The van der Waals surface area contributed by atoms with Crippen LogP contribution in [0.2, 0.25) is 0 Å². The lowest BCUT2D eigenvalue weighted by Gasteiger charge is -2.27. The van der Waals surface area contributed by atoms with Crippen LogP contribution in [0, 0.1) is 5.92 Å². The van der Waals surface area contributed by atoms with E-state index in [1.807, 2.05) is 48.8 Å². The third-order valence-corrected chi connectivity index (χ3v) is 3.64. The van der Waals surface area contributed by atoms with Gasteiger partial charge in [-0.15, -0.1) is 0 Å². The maximum atomic E-state index is 11.9. The smallest absolute Gasteiger partial charge is 0.226 e. The molecule has 2 heterocycles. The van der Waals surface area contributed by atoms with Crippen molar-refractivity contribution in [3.8, 4) is 0 Å². The fourth-order valence-corrected chi connectivity index (χ4v) is 1.78. The van der Waals surface area contributed by atoms with Crippen LogP contribution in [0.5, 0.6) is 0 Å². The van der Waals surface area contributed by atoms with Gasteiger partial charge in [0.1, 0.15) is 5.65 Å². The van der Waals surface area contributed by atoms with E-state index in [0.717, 1.165) is 11.3 Å². The molecule has 0 saturated carbocycles. The predicted molar refractivity (Wildman–Crippen MR) is 77.4 cm³/mol. The van der Waals surface area contributed by atoms with Gasteiger partial charge in [0.25, 0.3) is 0 Å². The minimum atomic E-state index is -0.894. The van der Waals surface area contributed by atoms with Crippen molar-refractivity contribution in [2.24, 2.45) is 5.92 Å². The highest BCUT2D eigenvalue weighted by molar-refractivity contribution is 5.78. The van der Waals surface area contributed by atoms with Crippen LogP contribution in [-0.4, -0.2) is 32.5 Å². The lowest BCUT2D eigenvalue weighted by molar-refractivity contribution is -0.122. The van der Waals surface area contributed by atoms with Gasteiger partial charge in [-0.05, 0) is 25.0 Å². The molecule has 20 heavy (non-hydrogen) atoms. The Bertz CT molecular complexity index is 569. The van der Waals surface area contributed by atoms with Crippen LogP contribution in [0.15, 0.2) is 30.6 Å². The van der Waals surface area contributed by atoms with Gasteiger partial charge in [0.15, 0.2) is 0 Å². The van der Waals surface area contributed by atoms with Crippen molar-refractivity contribution in [2.75, 3.05) is 6.54 Å². The van der Waals surface area contributed by atoms with Crippen molar-refractivity contribution in [3.63, 3.8) is 0 Å². The molecule has 108 valence electrons. The number of hydrogen-bond donors (Lipinski definition) is 2. The number of nitrogens with zero attached hydrogens (tertiary/aromatic N) is 2. The number of hydrogen-bond acceptors (Lipinski definition) is 3. The standard InChI is InChI=1S/C15H21N3O2/c1-11(2)15(3,20)10-16-14(19)8-12-9-18-7-5-4-6-13(18)17-12/h4-7,9,11,20H,8,10H2,1-3H3,(H,16,19). The molecule has 0 aliphatic carbocycles. The maximum Gasteiger partial charge on any atom is 0.226 e. The number of rotatable bonds is 5. The van der Waals surface area contributed by atoms with Gasteiger partial charge >= 0.3 is 0 Å². The van der Waals surface area contributed by atoms with E-state index in [0.29, 0.717) is 0 Å². The van der Waals surface area contributed by atoms with E-state index in [4.69, 9.17) is 0 Å². The van der Waals surface area contributed by atoms with Gasteiger partial charge in [0.2, 0.25) is 5.91 Å². The van der Waals surface area contributed by atoms with E-state index in [2.05, 4.69) is 10.3 Å². The summed E-state index contributed by atoms with van der Waals surface area (Å²) in [5, 5.41) is 12.8. The SMILES string of the molecule is CC(C)C(C)(O)CNC(=O)Cc1cn2ccccc2n1. The summed E-state index contributed by atoms with van der Waals surface area (Å²) in [5.41, 5.74) is 0.650. The molecule has 0 aromatic carbocycles. The zero-order valence-corrected chi connectivity index (χ0v) is 12.1. The van der Waals surface area contributed by atoms with E-state index in [-0.39, 0.29) is 24.8 Å². The highest BCUT2D eigenvalue weighted by atomic mass is 16.3. The topological polar surface area (TPSA) is 66.6 Å². The zero-order valence-electron chi connectivity index (χ0n) is 12.1. The van der Waals surface area contributed by atoms with Crippen LogP contribution < -0.4 is 5.32 Å². The Kier molecular flexibility index (Phi) is 4.09. The molecule has 2 aromatic rings. The number of pyridine rings is 1. The molecule has 0 radical (unpaired) electrons. The third kappa shape index (κ3) is 3.36. The van der Waals surface area contributed by atoms with Crippen LogP contribution in [0.25, 0.3) is 5.65 Å². The van der Waals surface area contributed by atoms with Crippen molar-refractivity contribution in [1.29, 1.82) is 0 Å². The van der Waals surface area contributed by atoms with E-state index in [1.54, 1.807) is 6.92 Å². The first-order chi connectivity index (χ1) is 9.38. The van der Waals surface area contributed by atoms with Gasteiger partial charge in [-0.25, -0.2) is 4.98 Å². The molecule has 2 aromatic heterocycles. The normalized spacial score (nSPS) is 14.4. The van der Waals surface area contributed by atoms with E-state index in [9.17, 15) is 9.90 Å². The summed E-state index contributed by atoms with van der Waals surface area (Å²) in [6.07, 6.45) is 3.96. The molecule has 2 rings (SSSR count). The largest absolute Gasteiger partial charge is 0.388 e. The Balaban J connectivity index is 1.94. The Hall–Kier alpha value is -1.88. The molecule has 0 aliphatic heterocycles. The first kappa shape index (κ1) is 14.5. The lowest BCUT2D eigenvalue weighted by atomic mass is 9.92. The van der Waals surface area contributed by atoms with Crippen molar-refractivity contribution < 1.29 is 9.90 Å². The molecule has 0 bridgehead atoms. The van der Waals surface area contributed by atoms with Crippen molar-refractivity contribution >= 4 is 11.6 Å². The third-order valence-electron chi connectivity index (χ3n) is 3.64. The van der Waals surface area contributed by atoms with Crippen LogP contribution in [0.4, 0.5) is 0 Å². The zero-order chi connectivity index (χ0) is 14.8. The predicted octanol–water partition coefficient (Wildman–Crippen LogP) is 1.40. The van der Waals surface area contributed by atoms with Gasteiger partial charge in [-0.2, -0.15) is 0 Å². The molecule has 1 unspecified atom stereocenters. The number of carbonyl (C=O) groups is 1. The Morgan fingerprint density at radius 3 is 2.90 bits per heavy atom. The molecule has 1 amide bonds. The van der Waals surface area contributed by atoms with Crippen LogP contribution in [-0.2, 0) is 11.2 Å². The minimum Gasteiger partial charge on any atom is -0.388 e. The van der Waals surface area contributed by atoms with Gasteiger partial charge < -0.3 is 14.8 Å². The number of imidazole rings is 1. The lowest BCUT2D eigenvalue weighted by Crippen LogP contribution is -2.44. The highest BCUT2D eigenvalue weighted by Gasteiger charge is 2.25. The summed E-state index contributed by atoms with van der Waals surface area (Å²) in [4.78, 5) is 16.3. The van der Waals surface area contributed by atoms with E-state index < -0.39 is 5.60 Å². The molecule has 5 nitrogen and oxygen atoms in total. The molecule has 5 heteroatoms. The van der Waals surface area contributed by atoms with E-state index in [1.165, 1.54) is 0 Å². The average molecular weight is 275 g/mol. The summed E-state index contributed by atoms with van der Waals surface area (Å²) in [6.45, 7) is 5.82. The molecule has 2 N–H and O–H groups in total. The molecule has 0 aliphatic rings. The Labute approximate surface area is 118 Å². The average Bonchev–Trinajstić information content (AvgIpc) is 2.78. The highest BCUT2D eigenvalue weighted by Crippen LogP contribution is 2.14. The number of aromatic nitrogens is 2. The summed E-state index contributed by atoms with van der Waals surface area (Å²) in [7, 11) is 0. The monoisotopic (exact) mass is 275 g/mol. The van der Waals surface area contributed by atoms with Gasteiger partial charge in [0, 0.05) is 18.9 Å². The quantitative estimate of drug-likeness (QED) is 0.867. The fourth-order valence-electron chi connectivity index (χ4n) is 1.78. The molecule has 0 fully saturated rings. The summed E-state index contributed by atoms with van der Waals surface area (Å²) < 4.78 is 1.88. The van der Waals surface area contributed by atoms with Crippen LogP contribution in [0.1, 0.15) is 26.5 Å². The maximum absolute atomic E-state index is 11.9. The van der Waals surface area contributed by atoms with E-state index >= 15 is 0 Å². The molecule has 0 saturated heterocycles. The number of aliphatic hydroxyl groups is 1. The summed E-state index contributed by atoms with van der Waals surface area (Å²) in [6, 6.07) is 5.72. The second-order valence-electron chi connectivity index (χ2n) is 5.66. The van der Waals surface area contributed by atoms with Crippen molar-refractivity contribution in [2.45, 2.75) is 32.8 Å². The molecular weight excluding hydrogens is 254 g/mol. The fraction of sp³-hybridized carbons (Fsp3) is 0.467. The number of fused-ring (bicyclic) bond motifs is 1. The van der Waals surface area contributed by atoms with Crippen LogP contribution in [0.3, 0.4) is 0 Å². The summed E-state index contributed by atoms with van der Waals surface area (Å²) in [5.74, 6) is -0.0488. The van der Waals surface area contributed by atoms with Gasteiger partial charge in [-0.1, -0.05) is 19.9 Å². The van der Waals surface area contributed by atoms with Crippen molar-refractivity contribution in [1.82, 2.24) is 14.7 Å². The first-order valence-electron chi connectivity index (χ1n) is 6.80. The van der Waals surface area contributed by atoms with Gasteiger partial charge in [0.05, 0.1) is 17.7 Å². The van der Waals surface area contributed by atoms with Gasteiger partial charge in [-0.3, -0.25) is 4.79 Å². The molecule has 1 atom stereocenters.